The van der Waals surface area contributed by atoms with Gasteiger partial charge in [-0.2, -0.15) is 9.97 Å². The van der Waals surface area contributed by atoms with E-state index >= 15 is 0 Å². The van der Waals surface area contributed by atoms with E-state index in [2.05, 4.69) is 63.1 Å². The Morgan fingerprint density at radius 3 is 2.49 bits per heavy atom. The van der Waals surface area contributed by atoms with E-state index < -0.39 is 0 Å². The van der Waals surface area contributed by atoms with Gasteiger partial charge in [0.2, 0.25) is 11.8 Å². The van der Waals surface area contributed by atoms with Crippen LogP contribution in [0.2, 0.25) is 0 Å². The fraction of sp³-hybridized carbons (Fsp3) is 0.122. The molecule has 1 atom stereocenters. The number of hydrogen-bond donors (Lipinski definition) is 0. The average molecular weight is 636 g/mol. The standard InChI is InChI=1S/C41H29N7O/c1-2-12-27-26(11-1)28-18-19-31-29-13-3-5-16-35(29)48(37(31)30(28)20-21-32(27)40-44-33-14-4-6-17-36(33)49-40)41-46-38(25-10-9-22-42-24-25)45-39(47-41)34-15-7-8-23-43-34/h1-2,4,6-19,22-24,32H,3,5,20-21H2. The molecule has 2 aliphatic rings. The third-order valence-electron chi connectivity index (χ3n) is 9.72. The van der Waals surface area contributed by atoms with Gasteiger partial charge in [-0.15, -0.1) is 0 Å². The minimum atomic E-state index is 0.00679. The Bertz CT molecular complexity index is 2590. The molecule has 8 heteroatoms. The van der Waals surface area contributed by atoms with Gasteiger partial charge in [0.15, 0.2) is 17.2 Å². The van der Waals surface area contributed by atoms with Gasteiger partial charge in [-0.3, -0.25) is 14.5 Å². The van der Waals surface area contributed by atoms with Crippen LogP contribution in [0.25, 0.3) is 74.1 Å². The number of oxazole rings is 1. The van der Waals surface area contributed by atoms with Gasteiger partial charge in [-0.25, -0.2) is 9.97 Å². The monoisotopic (exact) mass is 635 g/mol. The summed E-state index contributed by atoms with van der Waals surface area (Å²) in [4.78, 5) is 29.1. The second-order valence-corrected chi connectivity index (χ2v) is 12.5. The van der Waals surface area contributed by atoms with Crippen molar-refractivity contribution < 1.29 is 4.42 Å². The van der Waals surface area contributed by atoms with Gasteiger partial charge in [0.05, 0.1) is 16.8 Å². The molecule has 1 unspecified atom stereocenters. The van der Waals surface area contributed by atoms with Crippen LogP contribution < -0.4 is 10.6 Å². The Hall–Kier alpha value is -6.28. The zero-order chi connectivity index (χ0) is 32.3. The second-order valence-electron chi connectivity index (χ2n) is 12.5. The van der Waals surface area contributed by atoms with Crippen LogP contribution in [0, 0.1) is 0 Å². The Morgan fingerprint density at radius 1 is 0.714 bits per heavy atom. The van der Waals surface area contributed by atoms with Gasteiger partial charge in [0, 0.05) is 34.8 Å². The number of hydrogen-bond acceptors (Lipinski definition) is 7. The average Bonchev–Trinajstić information content (AvgIpc) is 3.70. The van der Waals surface area contributed by atoms with Crippen molar-refractivity contribution in [3.05, 3.63) is 137 Å². The number of rotatable bonds is 4. The van der Waals surface area contributed by atoms with Crippen molar-refractivity contribution in [3.63, 3.8) is 0 Å². The maximum absolute atomic E-state index is 6.41. The molecule has 0 saturated carbocycles. The number of aryl methyl sites for hydroxylation is 1. The van der Waals surface area contributed by atoms with E-state index in [1.807, 2.05) is 54.6 Å². The Balaban J connectivity index is 1.24. The lowest BCUT2D eigenvalue weighted by Crippen LogP contribution is -2.31. The lowest BCUT2D eigenvalue weighted by Gasteiger charge is -2.15. The molecule has 10 rings (SSSR count). The number of para-hydroxylation sites is 2. The minimum Gasteiger partial charge on any atom is -0.440 e. The summed E-state index contributed by atoms with van der Waals surface area (Å²) in [5.74, 6) is 2.40. The predicted octanol–water partition coefficient (Wildman–Crippen LogP) is 7.18. The third-order valence-corrected chi connectivity index (χ3v) is 9.72. The molecule has 0 N–H and O–H groups in total. The molecule has 5 heterocycles. The molecule has 49 heavy (non-hydrogen) atoms. The van der Waals surface area contributed by atoms with Crippen LogP contribution in [0.5, 0.6) is 0 Å². The van der Waals surface area contributed by atoms with Gasteiger partial charge in [-0.05, 0) is 84.3 Å². The molecular weight excluding hydrogens is 606 g/mol. The summed E-state index contributed by atoms with van der Waals surface area (Å²) in [6, 6.07) is 30.9. The molecule has 0 aliphatic heterocycles. The first kappa shape index (κ1) is 27.8. The smallest absolute Gasteiger partial charge is 0.238 e. The van der Waals surface area contributed by atoms with E-state index in [9.17, 15) is 0 Å². The lowest BCUT2D eigenvalue weighted by molar-refractivity contribution is 0.487. The Kier molecular flexibility index (Phi) is 6.33. The van der Waals surface area contributed by atoms with E-state index in [-0.39, 0.29) is 5.92 Å². The Labute approximate surface area is 281 Å². The fourth-order valence-corrected chi connectivity index (χ4v) is 7.55. The van der Waals surface area contributed by atoms with E-state index in [1.54, 1.807) is 18.6 Å². The summed E-state index contributed by atoms with van der Waals surface area (Å²) >= 11 is 0. The van der Waals surface area contributed by atoms with Gasteiger partial charge in [-0.1, -0.05) is 66.7 Å². The van der Waals surface area contributed by atoms with Gasteiger partial charge >= 0.3 is 0 Å². The highest BCUT2D eigenvalue weighted by molar-refractivity contribution is 5.93. The summed E-state index contributed by atoms with van der Waals surface area (Å²) in [5, 5.41) is 3.53. The van der Waals surface area contributed by atoms with Gasteiger partial charge in [0.25, 0.3) is 0 Å². The van der Waals surface area contributed by atoms with E-state index in [4.69, 9.17) is 24.4 Å². The lowest BCUT2D eigenvalue weighted by atomic mass is 9.91. The molecule has 0 radical (unpaired) electrons. The minimum absolute atomic E-state index is 0.00679. The number of aromatic nitrogens is 7. The van der Waals surface area contributed by atoms with Crippen molar-refractivity contribution in [1.29, 1.82) is 0 Å². The van der Waals surface area contributed by atoms with Crippen LogP contribution in [0.15, 0.2) is 114 Å². The van der Waals surface area contributed by atoms with Crippen LogP contribution in [0.4, 0.5) is 0 Å². The first-order valence-electron chi connectivity index (χ1n) is 16.7. The highest BCUT2D eigenvalue weighted by atomic mass is 16.3. The van der Waals surface area contributed by atoms with E-state index in [0.29, 0.717) is 23.3 Å². The summed E-state index contributed by atoms with van der Waals surface area (Å²) < 4.78 is 8.67. The first-order chi connectivity index (χ1) is 24.3. The number of nitrogens with zero attached hydrogens (tertiary/aromatic N) is 7. The number of fused-ring (bicyclic) bond motifs is 8. The van der Waals surface area contributed by atoms with Crippen molar-refractivity contribution >= 4 is 34.2 Å². The Morgan fingerprint density at radius 2 is 1.59 bits per heavy atom. The molecule has 0 fully saturated rings. The molecule has 0 amide bonds. The fourth-order valence-electron chi connectivity index (χ4n) is 7.55. The topological polar surface area (TPSA) is 95.4 Å². The quantitative estimate of drug-likeness (QED) is 0.202. The second kappa shape index (κ2) is 11.2. The maximum atomic E-state index is 6.41. The van der Waals surface area contributed by atoms with Crippen molar-refractivity contribution in [2.24, 2.45) is 0 Å². The zero-order valence-electron chi connectivity index (χ0n) is 26.5. The molecule has 0 spiro atoms. The largest absolute Gasteiger partial charge is 0.440 e. The molecule has 8 nitrogen and oxygen atoms in total. The highest BCUT2D eigenvalue weighted by Gasteiger charge is 2.30. The molecular formula is C41H29N7O. The SMILES string of the molecule is C1=c2c(n(-c3nc(-c4cccnc4)nc(-c4ccccn4)n3)c3c4c(ccc23)-c2ccccc2C(c2nc3ccccc3o2)CC4)=CCC1. The molecule has 2 aliphatic carbocycles. The summed E-state index contributed by atoms with van der Waals surface area (Å²) in [5.41, 5.74) is 9.23. The first-order valence-corrected chi connectivity index (χ1v) is 16.7. The van der Waals surface area contributed by atoms with Crippen LogP contribution >= 0.6 is 0 Å². The van der Waals surface area contributed by atoms with Gasteiger partial charge in [0.1, 0.15) is 11.2 Å². The molecule has 234 valence electrons. The number of benzene rings is 3. The van der Waals surface area contributed by atoms with Crippen LogP contribution in [-0.4, -0.2) is 34.5 Å². The summed E-state index contributed by atoms with van der Waals surface area (Å²) in [7, 11) is 0. The summed E-state index contributed by atoms with van der Waals surface area (Å²) in [6.07, 6.45) is 13.6. The molecule has 0 saturated heterocycles. The maximum Gasteiger partial charge on any atom is 0.238 e. The molecule has 0 bridgehead atoms. The van der Waals surface area contributed by atoms with Crippen molar-refractivity contribution in [2.75, 3.05) is 0 Å². The van der Waals surface area contributed by atoms with E-state index in [1.165, 1.54) is 32.9 Å². The van der Waals surface area contributed by atoms with Crippen LogP contribution in [0.1, 0.15) is 42.2 Å². The summed E-state index contributed by atoms with van der Waals surface area (Å²) in [6.45, 7) is 0. The molecule has 8 aromatic rings. The third kappa shape index (κ3) is 4.52. The van der Waals surface area contributed by atoms with Gasteiger partial charge < -0.3 is 4.42 Å². The predicted molar refractivity (Wildman–Crippen MR) is 190 cm³/mol. The molecule has 3 aromatic carbocycles. The van der Waals surface area contributed by atoms with Crippen molar-refractivity contribution in [3.8, 4) is 40.0 Å². The normalized spacial score (nSPS) is 15.1. The van der Waals surface area contributed by atoms with Crippen LogP contribution in [-0.2, 0) is 6.42 Å². The highest BCUT2D eigenvalue weighted by Crippen LogP contribution is 2.43. The zero-order valence-corrected chi connectivity index (χ0v) is 26.5. The van der Waals surface area contributed by atoms with E-state index in [0.717, 1.165) is 59.1 Å². The van der Waals surface area contributed by atoms with Crippen molar-refractivity contribution in [2.45, 2.75) is 31.6 Å². The van der Waals surface area contributed by atoms with Crippen LogP contribution in [0.3, 0.4) is 0 Å². The number of pyridine rings is 2. The van der Waals surface area contributed by atoms with Crippen molar-refractivity contribution in [1.82, 2.24) is 34.5 Å². The molecule has 5 aromatic heterocycles.